The Morgan fingerprint density at radius 1 is 0.721 bits per heavy atom. The van der Waals surface area contributed by atoms with Gasteiger partial charge in [-0.25, -0.2) is 9.69 Å². The number of amides is 2. The van der Waals surface area contributed by atoms with E-state index in [1.54, 1.807) is 0 Å². The van der Waals surface area contributed by atoms with Gasteiger partial charge in [0.25, 0.3) is 5.91 Å². The Kier molecular flexibility index (Phi) is 10.9. The maximum Gasteiger partial charge on any atom is 0.418 e. The molecule has 4 rings (SSSR count). The highest BCUT2D eigenvalue weighted by Crippen LogP contribution is 2.40. The first kappa shape index (κ1) is 32.6. The van der Waals surface area contributed by atoms with Crippen LogP contribution in [0.5, 0.6) is 0 Å². The highest BCUT2D eigenvalue weighted by molar-refractivity contribution is 6.74. The Bertz CT molecular complexity index is 1310. The van der Waals surface area contributed by atoms with Gasteiger partial charge in [-0.15, -0.1) is 0 Å². The summed E-state index contributed by atoms with van der Waals surface area (Å²) in [6.45, 7) is 11.0. The Balaban J connectivity index is 1.77. The van der Waals surface area contributed by atoms with Crippen molar-refractivity contribution in [1.82, 2.24) is 4.90 Å². The molecule has 3 aromatic rings. The molecule has 3 aromatic carbocycles. The van der Waals surface area contributed by atoms with Crippen LogP contribution in [-0.4, -0.2) is 56.9 Å². The lowest BCUT2D eigenvalue weighted by Gasteiger charge is -2.49. The molecule has 0 N–H and O–H groups in total. The molecule has 4 atom stereocenters. The lowest BCUT2D eigenvalue weighted by atomic mass is 9.98. The van der Waals surface area contributed by atoms with Crippen molar-refractivity contribution in [3.8, 4) is 0 Å². The molecule has 1 heterocycles. The predicted molar refractivity (Wildman–Crippen MR) is 166 cm³/mol. The second-order valence-corrected chi connectivity index (χ2v) is 16.9. The smallest absolute Gasteiger partial charge is 0.418 e. The fourth-order valence-electron chi connectivity index (χ4n) is 4.59. The molecular formula is C34H43NO7Si. The van der Waals surface area contributed by atoms with E-state index in [4.69, 9.17) is 23.4 Å². The molecule has 0 unspecified atom stereocenters. The van der Waals surface area contributed by atoms with Crippen molar-refractivity contribution in [3.05, 3.63) is 108 Å². The summed E-state index contributed by atoms with van der Waals surface area (Å²) in [6.07, 6.45) is -4.87. The maximum atomic E-state index is 14.2. The summed E-state index contributed by atoms with van der Waals surface area (Å²) in [4.78, 5) is 28.6. The lowest BCUT2D eigenvalue weighted by Crippen LogP contribution is -2.70. The van der Waals surface area contributed by atoms with Crippen molar-refractivity contribution in [2.24, 2.45) is 0 Å². The average molecular weight is 606 g/mol. The third-order valence-electron chi connectivity index (χ3n) is 8.07. The first-order valence-electron chi connectivity index (χ1n) is 14.6. The molecule has 9 heteroatoms. The van der Waals surface area contributed by atoms with Crippen LogP contribution in [0.3, 0.4) is 0 Å². The van der Waals surface area contributed by atoms with Gasteiger partial charge in [0.1, 0.15) is 12.2 Å². The number of piperidine rings is 1. The molecule has 8 nitrogen and oxygen atoms in total. The number of ether oxygens (including phenoxy) is 4. The second kappa shape index (κ2) is 14.4. The second-order valence-electron chi connectivity index (χ2n) is 12.2. The van der Waals surface area contributed by atoms with Gasteiger partial charge in [0.15, 0.2) is 20.6 Å². The van der Waals surface area contributed by atoms with Crippen LogP contribution in [0.1, 0.15) is 37.5 Å². The Morgan fingerprint density at radius 2 is 1.14 bits per heavy atom. The Labute approximate surface area is 256 Å². The molecule has 0 bridgehead atoms. The summed E-state index contributed by atoms with van der Waals surface area (Å²) in [5.41, 5.74) is 2.73. The topological polar surface area (TPSA) is 83.5 Å². The van der Waals surface area contributed by atoms with Crippen LogP contribution in [0.25, 0.3) is 0 Å². The third-order valence-corrected chi connectivity index (χ3v) is 12.5. The van der Waals surface area contributed by atoms with Gasteiger partial charge < -0.3 is 23.4 Å². The van der Waals surface area contributed by atoms with E-state index >= 15 is 0 Å². The minimum atomic E-state index is -2.56. The highest BCUT2D eigenvalue weighted by Gasteiger charge is 2.56. The lowest BCUT2D eigenvalue weighted by molar-refractivity contribution is -0.228. The van der Waals surface area contributed by atoms with E-state index in [0.717, 1.165) is 21.6 Å². The molecule has 230 valence electrons. The molecular weight excluding hydrogens is 562 g/mol. The van der Waals surface area contributed by atoms with Crippen LogP contribution in [0.4, 0.5) is 4.79 Å². The van der Waals surface area contributed by atoms with Crippen LogP contribution in [0, 0.1) is 0 Å². The van der Waals surface area contributed by atoms with Gasteiger partial charge in [-0.2, -0.15) is 0 Å². The van der Waals surface area contributed by atoms with Crippen LogP contribution >= 0.6 is 0 Å². The number of hydrogen-bond acceptors (Lipinski definition) is 7. The van der Waals surface area contributed by atoms with Gasteiger partial charge >= 0.3 is 6.09 Å². The van der Waals surface area contributed by atoms with Crippen molar-refractivity contribution in [1.29, 1.82) is 0 Å². The molecule has 2 amide bonds. The van der Waals surface area contributed by atoms with E-state index in [0.29, 0.717) is 0 Å². The molecule has 0 aromatic heterocycles. The molecule has 1 fully saturated rings. The van der Waals surface area contributed by atoms with Crippen molar-refractivity contribution < 1.29 is 33.0 Å². The fourth-order valence-corrected chi connectivity index (χ4v) is 5.79. The minimum Gasteiger partial charge on any atom is -0.452 e. The molecule has 43 heavy (non-hydrogen) atoms. The summed E-state index contributed by atoms with van der Waals surface area (Å²) in [5, 5.41) is -0.219. The minimum absolute atomic E-state index is 0.136. The van der Waals surface area contributed by atoms with E-state index in [9.17, 15) is 9.59 Å². The summed E-state index contributed by atoms with van der Waals surface area (Å²) < 4.78 is 31.3. The van der Waals surface area contributed by atoms with E-state index in [2.05, 4.69) is 33.9 Å². The largest absolute Gasteiger partial charge is 0.452 e. The van der Waals surface area contributed by atoms with Crippen molar-refractivity contribution in [2.45, 2.75) is 83.3 Å². The monoisotopic (exact) mass is 605 g/mol. The summed E-state index contributed by atoms with van der Waals surface area (Å²) in [6, 6.07) is 29.0. The van der Waals surface area contributed by atoms with E-state index < -0.39 is 44.9 Å². The van der Waals surface area contributed by atoms with Crippen LogP contribution < -0.4 is 0 Å². The average Bonchev–Trinajstić information content (AvgIpc) is 2.99. The van der Waals surface area contributed by atoms with Gasteiger partial charge in [-0.1, -0.05) is 112 Å². The highest BCUT2D eigenvalue weighted by atomic mass is 28.4. The third kappa shape index (κ3) is 8.19. The number of hydrogen-bond donors (Lipinski definition) is 0. The molecule has 1 saturated heterocycles. The fraction of sp³-hybridized carbons (Fsp3) is 0.412. The molecule has 0 spiro atoms. The Hall–Kier alpha value is -3.34. The summed E-state index contributed by atoms with van der Waals surface area (Å²) in [5.74, 6) is -0.593. The molecule has 0 aliphatic carbocycles. The first-order chi connectivity index (χ1) is 20.5. The number of nitrogens with zero attached hydrogens (tertiary/aromatic N) is 1. The van der Waals surface area contributed by atoms with Crippen LogP contribution in [0.2, 0.25) is 18.1 Å². The van der Waals surface area contributed by atoms with Gasteiger partial charge in [0, 0.05) is 0 Å². The normalized spacial score (nSPS) is 21.1. The predicted octanol–water partition coefficient (Wildman–Crippen LogP) is 6.70. The standard InChI is InChI=1S/C34H43NO7Si/c1-34(2,3)43(5,6)42-32-30(41-24-27-20-14-9-15-21-27)28(39-22-25-16-10-7-11-17-25)29(31(36)35(32)33(37)38-4)40-23-26-18-12-8-13-19-26/h7-21,28-30,32H,22-24H2,1-6H3/t28-,29-,30+,32+/m1/s1. The van der Waals surface area contributed by atoms with E-state index in [-0.39, 0.29) is 24.9 Å². The summed E-state index contributed by atoms with van der Waals surface area (Å²) in [7, 11) is -1.31. The molecule has 1 aliphatic heterocycles. The SMILES string of the molecule is COC(=O)N1C(=O)[C@H](OCc2ccccc2)[C@@H](OCc2ccccc2)[C@H](OCc2ccccc2)[C@@H]1O[Si](C)(C)C(C)(C)C. The van der Waals surface area contributed by atoms with E-state index in [1.807, 2.05) is 91.0 Å². The van der Waals surface area contributed by atoms with Crippen LogP contribution in [-0.2, 0) is 48.0 Å². The quantitative estimate of drug-likeness (QED) is 0.225. The van der Waals surface area contributed by atoms with Gasteiger partial charge in [0.05, 0.1) is 26.9 Å². The van der Waals surface area contributed by atoms with Gasteiger partial charge in [-0.05, 0) is 34.8 Å². The number of benzene rings is 3. The molecule has 0 saturated carbocycles. The first-order valence-corrected chi connectivity index (χ1v) is 17.5. The molecule has 0 radical (unpaired) electrons. The zero-order valence-electron chi connectivity index (χ0n) is 25.9. The van der Waals surface area contributed by atoms with Crippen molar-refractivity contribution >= 4 is 20.3 Å². The zero-order valence-corrected chi connectivity index (χ0v) is 26.9. The number of methoxy groups -OCH3 is 1. The van der Waals surface area contributed by atoms with Crippen molar-refractivity contribution in [3.63, 3.8) is 0 Å². The zero-order chi connectivity index (χ0) is 31.0. The number of likely N-dealkylation sites (tertiary alicyclic amines) is 1. The number of rotatable bonds is 11. The van der Waals surface area contributed by atoms with Crippen LogP contribution in [0.15, 0.2) is 91.0 Å². The maximum absolute atomic E-state index is 14.2. The number of imide groups is 1. The van der Waals surface area contributed by atoms with Gasteiger partial charge in [-0.3, -0.25) is 4.79 Å². The number of carbonyl (C=O) groups is 2. The number of carbonyl (C=O) groups excluding carboxylic acids is 2. The van der Waals surface area contributed by atoms with Crippen molar-refractivity contribution in [2.75, 3.05) is 7.11 Å². The van der Waals surface area contributed by atoms with E-state index in [1.165, 1.54) is 7.11 Å². The molecule has 1 aliphatic rings. The Morgan fingerprint density at radius 3 is 1.56 bits per heavy atom. The van der Waals surface area contributed by atoms with Gasteiger partial charge in [0.2, 0.25) is 0 Å². The summed E-state index contributed by atoms with van der Waals surface area (Å²) >= 11 is 0.